The van der Waals surface area contributed by atoms with Gasteiger partial charge in [-0.1, -0.05) is 15.9 Å². The fourth-order valence-corrected chi connectivity index (χ4v) is 2.62. The van der Waals surface area contributed by atoms with E-state index < -0.39 is 18.3 Å². The van der Waals surface area contributed by atoms with Crippen LogP contribution in [0.1, 0.15) is 6.92 Å². The van der Waals surface area contributed by atoms with Crippen molar-refractivity contribution in [3.8, 4) is 0 Å². The number of hydrogen-bond acceptors (Lipinski definition) is 4. The Morgan fingerprint density at radius 2 is 1.82 bits per heavy atom. The Morgan fingerprint density at radius 1 is 1.45 bits per heavy atom. The van der Waals surface area contributed by atoms with Gasteiger partial charge in [0, 0.05) is 14.2 Å². The Hall–Kier alpha value is 0.590. The van der Waals surface area contributed by atoms with Gasteiger partial charge >= 0.3 is 7.60 Å². The zero-order valence-corrected chi connectivity index (χ0v) is 9.13. The molecule has 0 aromatic rings. The second-order valence-electron chi connectivity index (χ2n) is 2.02. The van der Waals surface area contributed by atoms with Crippen molar-refractivity contribution in [2.75, 3.05) is 14.2 Å². The highest BCUT2D eigenvalue weighted by molar-refractivity contribution is 9.10. The van der Waals surface area contributed by atoms with Crippen LogP contribution in [0, 0.1) is 0 Å². The molecule has 0 amide bonds. The van der Waals surface area contributed by atoms with E-state index in [2.05, 4.69) is 25.0 Å². The summed E-state index contributed by atoms with van der Waals surface area (Å²) in [5, 5.41) is 9.04. The maximum atomic E-state index is 11.4. The summed E-state index contributed by atoms with van der Waals surface area (Å²) in [6.07, 6.45) is -0.777. The summed E-state index contributed by atoms with van der Waals surface area (Å²) in [5.41, 5.74) is 0. The fraction of sp³-hybridized carbons (Fsp3) is 1.00. The SMILES string of the molecule is COP(=O)(OC)[C@H](Br)[C@@H](C)O. The molecule has 6 heteroatoms. The van der Waals surface area contributed by atoms with Crippen molar-refractivity contribution < 1.29 is 18.7 Å². The van der Waals surface area contributed by atoms with Crippen molar-refractivity contribution in [3.05, 3.63) is 0 Å². The zero-order valence-electron chi connectivity index (χ0n) is 6.65. The molecule has 0 radical (unpaired) electrons. The average molecular weight is 247 g/mol. The van der Waals surface area contributed by atoms with Crippen molar-refractivity contribution in [1.82, 2.24) is 0 Å². The van der Waals surface area contributed by atoms with Gasteiger partial charge in [0.2, 0.25) is 0 Å². The lowest BCUT2D eigenvalue weighted by atomic mass is 10.5. The Bertz CT molecular complexity index is 153. The molecular weight excluding hydrogens is 235 g/mol. The fourth-order valence-electron chi connectivity index (χ4n) is 0.540. The first-order valence-electron chi connectivity index (χ1n) is 3.01. The molecule has 0 fully saturated rings. The smallest absolute Gasteiger partial charge is 0.346 e. The van der Waals surface area contributed by atoms with Crippen LogP contribution in [0.4, 0.5) is 0 Å². The van der Waals surface area contributed by atoms with Crippen molar-refractivity contribution in [2.45, 2.75) is 17.6 Å². The van der Waals surface area contributed by atoms with Gasteiger partial charge in [-0.05, 0) is 6.92 Å². The van der Waals surface area contributed by atoms with Gasteiger partial charge in [0.25, 0.3) is 0 Å². The second kappa shape index (κ2) is 4.58. The summed E-state index contributed by atoms with van der Waals surface area (Å²) in [5.74, 6) is 0. The van der Waals surface area contributed by atoms with E-state index in [1.165, 1.54) is 21.1 Å². The highest BCUT2D eigenvalue weighted by Gasteiger charge is 2.35. The highest BCUT2D eigenvalue weighted by Crippen LogP contribution is 2.55. The Kier molecular flexibility index (Phi) is 4.82. The number of rotatable bonds is 4. The largest absolute Gasteiger partial charge is 0.392 e. The van der Waals surface area contributed by atoms with Crippen LogP contribution < -0.4 is 0 Å². The molecule has 4 nitrogen and oxygen atoms in total. The van der Waals surface area contributed by atoms with Gasteiger partial charge in [-0.15, -0.1) is 0 Å². The number of alkyl halides is 1. The van der Waals surface area contributed by atoms with Crippen LogP contribution in [0.25, 0.3) is 0 Å². The van der Waals surface area contributed by atoms with Crippen molar-refractivity contribution in [3.63, 3.8) is 0 Å². The van der Waals surface area contributed by atoms with E-state index in [9.17, 15) is 4.57 Å². The van der Waals surface area contributed by atoms with E-state index in [4.69, 9.17) is 5.11 Å². The van der Waals surface area contributed by atoms with Crippen molar-refractivity contribution in [2.24, 2.45) is 0 Å². The van der Waals surface area contributed by atoms with Gasteiger partial charge in [-0.3, -0.25) is 4.57 Å². The minimum Gasteiger partial charge on any atom is -0.392 e. The first-order valence-corrected chi connectivity index (χ1v) is 5.54. The maximum Gasteiger partial charge on any atom is 0.346 e. The lowest BCUT2D eigenvalue weighted by Crippen LogP contribution is -2.17. The molecule has 0 saturated heterocycles. The number of aliphatic hydroxyl groups excluding tert-OH is 1. The average Bonchev–Trinajstić information content (AvgIpc) is 2.01. The summed E-state index contributed by atoms with van der Waals surface area (Å²) < 4.78 is 20.0. The molecule has 0 aliphatic heterocycles. The van der Waals surface area contributed by atoms with E-state index in [0.717, 1.165) is 0 Å². The van der Waals surface area contributed by atoms with E-state index in [1.807, 2.05) is 0 Å². The number of halogens is 1. The van der Waals surface area contributed by atoms with Crippen LogP contribution in [-0.4, -0.2) is 30.0 Å². The van der Waals surface area contributed by atoms with E-state index in [-0.39, 0.29) is 0 Å². The molecule has 2 atom stereocenters. The molecule has 0 rings (SSSR count). The molecule has 0 aromatic heterocycles. The minimum absolute atomic E-state index is 0.676. The molecule has 0 aromatic carbocycles. The Balaban J connectivity index is 4.38. The quantitative estimate of drug-likeness (QED) is 0.605. The topological polar surface area (TPSA) is 55.8 Å². The van der Waals surface area contributed by atoms with Crippen molar-refractivity contribution >= 4 is 23.5 Å². The Morgan fingerprint density at radius 3 is 1.91 bits per heavy atom. The summed E-state index contributed by atoms with van der Waals surface area (Å²) >= 11 is 3.02. The first-order chi connectivity index (χ1) is 4.98. The van der Waals surface area contributed by atoms with Gasteiger partial charge in [0.05, 0.1) is 6.10 Å². The molecule has 0 saturated carbocycles. The third kappa shape index (κ3) is 2.84. The maximum absolute atomic E-state index is 11.4. The lowest BCUT2D eigenvalue weighted by Gasteiger charge is -2.20. The van der Waals surface area contributed by atoms with Crippen LogP contribution in [0.3, 0.4) is 0 Å². The number of hydrogen-bond donors (Lipinski definition) is 1. The van der Waals surface area contributed by atoms with Gasteiger partial charge in [-0.2, -0.15) is 0 Å². The lowest BCUT2D eigenvalue weighted by molar-refractivity contribution is 0.190. The molecule has 0 aliphatic rings. The van der Waals surface area contributed by atoms with Crippen molar-refractivity contribution in [1.29, 1.82) is 0 Å². The van der Waals surface area contributed by atoms with Gasteiger partial charge in [0.15, 0.2) is 0 Å². The summed E-state index contributed by atoms with van der Waals surface area (Å²) in [7, 11) is -0.604. The molecule has 0 unspecified atom stereocenters. The van der Waals surface area contributed by atoms with Crippen LogP contribution in [0.15, 0.2) is 0 Å². The van der Waals surface area contributed by atoms with Crippen LogP contribution in [0.2, 0.25) is 0 Å². The van der Waals surface area contributed by atoms with Gasteiger partial charge in [-0.25, -0.2) is 0 Å². The normalized spacial score (nSPS) is 17.9. The second-order valence-corrected chi connectivity index (χ2v) is 6.08. The molecule has 0 aliphatic carbocycles. The molecule has 0 heterocycles. The first kappa shape index (κ1) is 11.6. The van der Waals surface area contributed by atoms with Crippen LogP contribution in [-0.2, 0) is 13.6 Å². The van der Waals surface area contributed by atoms with Crippen LogP contribution >= 0.6 is 23.5 Å². The van der Waals surface area contributed by atoms with E-state index in [0.29, 0.717) is 0 Å². The third-order valence-electron chi connectivity index (χ3n) is 1.21. The minimum atomic E-state index is -3.16. The predicted molar refractivity (Wildman–Crippen MR) is 46.0 cm³/mol. The van der Waals surface area contributed by atoms with Gasteiger partial charge in [0.1, 0.15) is 4.57 Å². The molecule has 0 spiro atoms. The highest BCUT2D eigenvalue weighted by atomic mass is 79.9. The van der Waals surface area contributed by atoms with Crippen LogP contribution in [0.5, 0.6) is 0 Å². The summed E-state index contributed by atoms with van der Waals surface area (Å²) in [4.78, 5) is 0. The molecule has 1 N–H and O–H groups in total. The zero-order chi connectivity index (χ0) is 9.07. The number of aliphatic hydroxyl groups is 1. The predicted octanol–water partition coefficient (Wildman–Crippen LogP) is 1.57. The Labute approximate surface area is 74.6 Å². The molecule has 0 bridgehead atoms. The molecule has 68 valence electrons. The van der Waals surface area contributed by atoms with E-state index >= 15 is 0 Å². The molecular formula is C5H12BrO4P. The molecule has 11 heavy (non-hydrogen) atoms. The summed E-state index contributed by atoms with van der Waals surface area (Å²) in [6, 6.07) is 0. The summed E-state index contributed by atoms with van der Waals surface area (Å²) in [6.45, 7) is 1.50. The standard InChI is InChI=1S/C5H12BrO4P/c1-4(7)5(6)11(8,9-2)10-3/h4-5,7H,1-3H3/t4-,5+/m1/s1. The van der Waals surface area contributed by atoms with Gasteiger partial charge < -0.3 is 14.2 Å². The van der Waals surface area contributed by atoms with E-state index in [1.54, 1.807) is 0 Å². The monoisotopic (exact) mass is 246 g/mol. The third-order valence-corrected chi connectivity index (χ3v) is 5.53.